The lowest BCUT2D eigenvalue weighted by Crippen LogP contribution is -2.24. The largest absolute Gasteiger partial charge is 0.491 e. The van der Waals surface area contributed by atoms with Crippen LogP contribution < -0.4 is 4.74 Å². The van der Waals surface area contributed by atoms with Crippen LogP contribution in [-0.4, -0.2) is 23.1 Å². The van der Waals surface area contributed by atoms with Gasteiger partial charge in [0.25, 0.3) is 5.69 Å². The molecule has 110 valence electrons. The molecule has 0 saturated heterocycles. The summed E-state index contributed by atoms with van der Waals surface area (Å²) in [6.07, 6.45) is 0.0380. The number of non-ortho nitro benzene ring substituents is 1. The number of carbonyl (C=O) groups is 1. The third-order valence-corrected chi connectivity index (χ3v) is 2.42. The van der Waals surface area contributed by atoms with Gasteiger partial charge >= 0.3 is 5.97 Å². The van der Waals surface area contributed by atoms with E-state index in [4.69, 9.17) is 21.1 Å². The van der Waals surface area contributed by atoms with Crippen LogP contribution in [0.15, 0.2) is 18.2 Å². The maximum atomic E-state index is 11.5. The number of rotatable bonds is 5. The highest BCUT2D eigenvalue weighted by Gasteiger charge is 2.16. The minimum Gasteiger partial charge on any atom is -0.491 e. The first-order chi connectivity index (χ1) is 9.19. The van der Waals surface area contributed by atoms with Gasteiger partial charge in [0.15, 0.2) is 0 Å². The van der Waals surface area contributed by atoms with E-state index in [0.29, 0.717) is 0 Å². The molecule has 0 N–H and O–H groups in total. The average Bonchev–Trinajstić information content (AvgIpc) is 2.28. The van der Waals surface area contributed by atoms with Gasteiger partial charge in [0.2, 0.25) is 0 Å². The Kier molecular flexibility index (Phi) is 5.33. The van der Waals surface area contributed by atoms with Crippen LogP contribution in [0, 0.1) is 10.1 Å². The number of benzene rings is 1. The van der Waals surface area contributed by atoms with Gasteiger partial charge in [-0.15, -0.1) is 0 Å². The molecule has 20 heavy (non-hydrogen) atoms. The van der Waals surface area contributed by atoms with E-state index in [2.05, 4.69) is 0 Å². The van der Waals surface area contributed by atoms with Gasteiger partial charge in [0.05, 0.1) is 29.0 Å². The molecule has 0 amide bonds. The van der Waals surface area contributed by atoms with Crippen LogP contribution in [-0.2, 0) is 9.53 Å². The van der Waals surface area contributed by atoms with Crippen molar-refractivity contribution in [3.05, 3.63) is 33.3 Å². The molecule has 0 aliphatic heterocycles. The molecule has 1 rings (SSSR count). The summed E-state index contributed by atoms with van der Waals surface area (Å²) in [5.74, 6) is -0.233. The number of hydrogen-bond acceptors (Lipinski definition) is 5. The Labute approximate surface area is 121 Å². The van der Waals surface area contributed by atoms with Crippen LogP contribution in [0.3, 0.4) is 0 Å². The van der Waals surface area contributed by atoms with Crippen LogP contribution in [0.2, 0.25) is 5.02 Å². The number of nitro benzene ring substituents is 1. The zero-order valence-electron chi connectivity index (χ0n) is 11.5. The zero-order chi connectivity index (χ0) is 15.3. The average molecular weight is 302 g/mol. The number of ether oxygens (including phenoxy) is 2. The highest BCUT2D eigenvalue weighted by molar-refractivity contribution is 6.32. The Hall–Kier alpha value is -1.82. The number of carbonyl (C=O) groups excluding carboxylic acids is 1. The smallest absolute Gasteiger partial charge is 0.309 e. The predicted molar refractivity (Wildman–Crippen MR) is 74.1 cm³/mol. The molecule has 0 bridgehead atoms. The monoisotopic (exact) mass is 301 g/mol. The molecular weight excluding hydrogens is 286 g/mol. The molecule has 0 atom stereocenters. The molecule has 0 heterocycles. The van der Waals surface area contributed by atoms with E-state index >= 15 is 0 Å². The Balaban J connectivity index is 2.56. The Morgan fingerprint density at radius 3 is 2.60 bits per heavy atom. The molecule has 0 fully saturated rings. The lowest BCUT2D eigenvalue weighted by molar-refractivity contribution is -0.384. The second-order valence-electron chi connectivity index (χ2n) is 5.06. The van der Waals surface area contributed by atoms with Crippen LogP contribution in [0.1, 0.15) is 27.2 Å². The standard InChI is InChI=1S/C13H16ClNO5/c1-13(2,3)20-12(16)6-7-19-11-8-9(15(17)18)4-5-10(11)14/h4-5,8H,6-7H2,1-3H3. The van der Waals surface area contributed by atoms with Crippen molar-refractivity contribution >= 4 is 23.3 Å². The Morgan fingerprint density at radius 1 is 1.40 bits per heavy atom. The summed E-state index contributed by atoms with van der Waals surface area (Å²) in [5.41, 5.74) is -0.679. The van der Waals surface area contributed by atoms with Crippen LogP contribution in [0.5, 0.6) is 5.75 Å². The van der Waals surface area contributed by atoms with Gasteiger partial charge in [-0.1, -0.05) is 11.6 Å². The van der Waals surface area contributed by atoms with Crippen LogP contribution in [0.4, 0.5) is 5.69 Å². The molecule has 1 aromatic rings. The number of halogens is 1. The van der Waals surface area contributed by atoms with Crippen molar-refractivity contribution in [3.8, 4) is 5.75 Å². The Morgan fingerprint density at radius 2 is 2.05 bits per heavy atom. The third-order valence-electron chi connectivity index (χ3n) is 2.11. The summed E-state index contributed by atoms with van der Waals surface area (Å²) in [5, 5.41) is 10.9. The molecule has 0 aliphatic rings. The van der Waals surface area contributed by atoms with E-state index in [-0.39, 0.29) is 29.5 Å². The molecule has 0 unspecified atom stereocenters. The highest BCUT2D eigenvalue weighted by atomic mass is 35.5. The van der Waals surface area contributed by atoms with E-state index in [9.17, 15) is 14.9 Å². The number of esters is 1. The summed E-state index contributed by atoms with van der Waals surface area (Å²) >= 11 is 5.86. The quantitative estimate of drug-likeness (QED) is 0.473. The van der Waals surface area contributed by atoms with E-state index in [1.807, 2.05) is 0 Å². The molecule has 0 saturated carbocycles. The second-order valence-corrected chi connectivity index (χ2v) is 5.46. The van der Waals surface area contributed by atoms with Crippen molar-refractivity contribution in [1.82, 2.24) is 0 Å². The zero-order valence-corrected chi connectivity index (χ0v) is 12.3. The molecule has 7 heteroatoms. The molecule has 0 spiro atoms. The van der Waals surface area contributed by atoms with E-state index in [1.165, 1.54) is 18.2 Å². The van der Waals surface area contributed by atoms with Crippen LogP contribution >= 0.6 is 11.6 Å². The highest BCUT2D eigenvalue weighted by Crippen LogP contribution is 2.28. The summed E-state index contributed by atoms with van der Waals surface area (Å²) in [6, 6.07) is 3.88. The second kappa shape index (κ2) is 6.56. The van der Waals surface area contributed by atoms with Crippen LogP contribution in [0.25, 0.3) is 0 Å². The van der Waals surface area contributed by atoms with Gasteiger partial charge in [-0.2, -0.15) is 0 Å². The van der Waals surface area contributed by atoms with Crippen molar-refractivity contribution in [2.24, 2.45) is 0 Å². The topological polar surface area (TPSA) is 78.7 Å². The fourth-order valence-electron chi connectivity index (χ4n) is 1.35. The molecule has 0 aliphatic carbocycles. The molecule has 1 aromatic carbocycles. The van der Waals surface area contributed by atoms with E-state index < -0.39 is 16.5 Å². The van der Waals surface area contributed by atoms with Crippen molar-refractivity contribution in [1.29, 1.82) is 0 Å². The van der Waals surface area contributed by atoms with Gasteiger partial charge in [0.1, 0.15) is 11.4 Å². The predicted octanol–water partition coefficient (Wildman–Crippen LogP) is 3.36. The summed E-state index contributed by atoms with van der Waals surface area (Å²) in [7, 11) is 0. The van der Waals surface area contributed by atoms with Crippen molar-refractivity contribution in [2.45, 2.75) is 32.8 Å². The SMILES string of the molecule is CC(C)(C)OC(=O)CCOc1cc([N+](=O)[O-])ccc1Cl. The van der Waals surface area contributed by atoms with Gasteiger partial charge in [0, 0.05) is 6.07 Å². The summed E-state index contributed by atoms with van der Waals surface area (Å²) in [4.78, 5) is 21.6. The van der Waals surface area contributed by atoms with Gasteiger partial charge in [-0.05, 0) is 26.8 Å². The maximum Gasteiger partial charge on any atom is 0.309 e. The number of nitrogens with zero attached hydrogens (tertiary/aromatic N) is 1. The lowest BCUT2D eigenvalue weighted by Gasteiger charge is -2.19. The minimum absolute atomic E-state index is 0.0375. The molecular formula is C13H16ClNO5. The molecule has 0 radical (unpaired) electrons. The van der Waals surface area contributed by atoms with Crippen molar-refractivity contribution < 1.29 is 19.2 Å². The first kappa shape index (κ1) is 16.2. The van der Waals surface area contributed by atoms with Crippen molar-refractivity contribution in [2.75, 3.05) is 6.61 Å². The first-order valence-corrected chi connectivity index (χ1v) is 6.35. The lowest BCUT2D eigenvalue weighted by atomic mass is 10.2. The summed E-state index contributed by atoms with van der Waals surface area (Å²) < 4.78 is 10.4. The fraction of sp³-hybridized carbons (Fsp3) is 0.462. The normalized spacial score (nSPS) is 11.0. The number of hydrogen-bond donors (Lipinski definition) is 0. The van der Waals surface area contributed by atoms with Gasteiger partial charge in [-0.25, -0.2) is 0 Å². The summed E-state index contributed by atoms with van der Waals surface area (Å²) in [6.45, 7) is 5.34. The first-order valence-electron chi connectivity index (χ1n) is 5.97. The fourth-order valence-corrected chi connectivity index (χ4v) is 1.53. The van der Waals surface area contributed by atoms with E-state index in [1.54, 1.807) is 20.8 Å². The minimum atomic E-state index is -0.555. The van der Waals surface area contributed by atoms with E-state index in [0.717, 1.165) is 0 Å². The van der Waals surface area contributed by atoms with Gasteiger partial charge < -0.3 is 9.47 Å². The third kappa shape index (κ3) is 5.44. The number of nitro groups is 1. The maximum absolute atomic E-state index is 11.5. The molecule has 6 nitrogen and oxygen atoms in total. The van der Waals surface area contributed by atoms with Crippen molar-refractivity contribution in [3.63, 3.8) is 0 Å². The Bertz CT molecular complexity index is 510. The molecule has 0 aromatic heterocycles. The van der Waals surface area contributed by atoms with Gasteiger partial charge in [-0.3, -0.25) is 14.9 Å².